The molecule has 6 heteroatoms. The van der Waals surface area contributed by atoms with Gasteiger partial charge in [-0.2, -0.15) is 0 Å². The van der Waals surface area contributed by atoms with E-state index in [1.807, 2.05) is 24.3 Å². The van der Waals surface area contributed by atoms with E-state index in [1.165, 1.54) is 0 Å². The number of nitrogens with one attached hydrogen (secondary N) is 2. The summed E-state index contributed by atoms with van der Waals surface area (Å²) >= 11 is 0. The van der Waals surface area contributed by atoms with E-state index in [9.17, 15) is 9.59 Å². The van der Waals surface area contributed by atoms with Gasteiger partial charge in [-0.15, -0.1) is 0 Å². The van der Waals surface area contributed by atoms with Gasteiger partial charge in [0.05, 0.1) is 11.4 Å². The summed E-state index contributed by atoms with van der Waals surface area (Å²) in [7, 11) is 0. The highest BCUT2D eigenvalue weighted by molar-refractivity contribution is 6.02. The van der Waals surface area contributed by atoms with Gasteiger partial charge in [0.15, 0.2) is 0 Å². The number of nitrogens with zero attached hydrogens (tertiary/aromatic N) is 1. The maximum atomic E-state index is 13.0. The quantitative estimate of drug-likeness (QED) is 0.893. The molecule has 1 aromatic carbocycles. The van der Waals surface area contributed by atoms with Crippen molar-refractivity contribution in [2.45, 2.75) is 45.3 Å². The average molecular weight is 331 g/mol. The van der Waals surface area contributed by atoms with Crippen molar-refractivity contribution in [3.63, 3.8) is 0 Å². The highest BCUT2D eigenvalue weighted by Gasteiger charge is 2.35. The number of carbonyl (C=O) groups excluding carboxylic acids is 2. The molecule has 3 rings (SSSR count). The number of anilines is 2. The van der Waals surface area contributed by atoms with Gasteiger partial charge >= 0.3 is 6.09 Å². The molecule has 0 aromatic heterocycles. The zero-order valence-electron chi connectivity index (χ0n) is 14.5. The van der Waals surface area contributed by atoms with Crippen LogP contribution in [0.15, 0.2) is 24.3 Å². The van der Waals surface area contributed by atoms with Crippen LogP contribution in [0, 0.1) is 5.92 Å². The topological polar surface area (TPSA) is 70.7 Å². The Labute approximate surface area is 142 Å². The van der Waals surface area contributed by atoms with Gasteiger partial charge in [0, 0.05) is 13.1 Å². The first-order chi connectivity index (χ1) is 11.3. The number of carbonyl (C=O) groups is 2. The molecule has 1 aliphatic carbocycles. The van der Waals surface area contributed by atoms with Crippen LogP contribution in [0.25, 0.3) is 0 Å². The molecule has 1 aliphatic heterocycles. The lowest BCUT2D eigenvalue weighted by molar-refractivity contribution is -0.120. The van der Waals surface area contributed by atoms with E-state index >= 15 is 0 Å². The first-order valence-corrected chi connectivity index (χ1v) is 8.47. The molecule has 2 N–H and O–H groups in total. The predicted molar refractivity (Wildman–Crippen MR) is 93.2 cm³/mol. The van der Waals surface area contributed by atoms with Crippen LogP contribution in [0.3, 0.4) is 0 Å². The Morgan fingerprint density at radius 1 is 1.33 bits per heavy atom. The van der Waals surface area contributed by atoms with Crippen LogP contribution in [0.1, 0.15) is 33.6 Å². The highest BCUT2D eigenvalue weighted by atomic mass is 16.6. The van der Waals surface area contributed by atoms with Crippen LogP contribution in [-0.2, 0) is 9.53 Å². The van der Waals surface area contributed by atoms with Crippen LogP contribution in [0.2, 0.25) is 0 Å². The first-order valence-electron chi connectivity index (χ1n) is 8.47. The standard InChI is InChI=1S/C18H25N3O3/c1-18(2,3)24-17(23)20-14-10-19-13-6-4-5-7-15(13)21(16(14)22)11-12-8-9-12/h4-7,12,14,19H,8-11H2,1-3H3,(H,20,23)/t14-/m0/s1. The number of rotatable bonds is 3. The number of alkyl carbamates (subject to hydrolysis) is 1. The minimum Gasteiger partial charge on any atom is -0.444 e. The minimum atomic E-state index is -0.647. The lowest BCUT2D eigenvalue weighted by atomic mass is 10.2. The fourth-order valence-corrected chi connectivity index (χ4v) is 2.77. The normalized spacial score (nSPS) is 20.7. The second kappa shape index (κ2) is 6.34. The van der Waals surface area contributed by atoms with Gasteiger partial charge in [0.25, 0.3) is 5.91 Å². The molecular weight excluding hydrogens is 306 g/mol. The third-order valence-corrected chi connectivity index (χ3v) is 4.08. The molecule has 24 heavy (non-hydrogen) atoms. The number of amides is 2. The summed E-state index contributed by atoms with van der Waals surface area (Å²) in [5, 5.41) is 5.97. The van der Waals surface area contributed by atoms with Crippen molar-refractivity contribution in [2.75, 3.05) is 23.3 Å². The molecule has 0 saturated heterocycles. The predicted octanol–water partition coefficient (Wildman–Crippen LogP) is 2.75. The molecule has 6 nitrogen and oxygen atoms in total. The van der Waals surface area contributed by atoms with E-state index < -0.39 is 17.7 Å². The largest absolute Gasteiger partial charge is 0.444 e. The number of fused-ring (bicyclic) bond motifs is 1. The highest BCUT2D eigenvalue weighted by Crippen LogP contribution is 2.35. The molecule has 2 amide bonds. The van der Waals surface area contributed by atoms with Crippen LogP contribution < -0.4 is 15.5 Å². The minimum absolute atomic E-state index is 0.0924. The molecule has 0 bridgehead atoms. The lowest BCUT2D eigenvalue weighted by Gasteiger charge is -2.26. The van der Waals surface area contributed by atoms with Gasteiger partial charge in [-0.05, 0) is 51.7 Å². The van der Waals surface area contributed by atoms with E-state index in [-0.39, 0.29) is 5.91 Å². The average Bonchev–Trinajstić information content (AvgIpc) is 3.31. The zero-order valence-corrected chi connectivity index (χ0v) is 14.5. The van der Waals surface area contributed by atoms with E-state index in [4.69, 9.17) is 4.74 Å². The molecule has 0 unspecified atom stereocenters. The van der Waals surface area contributed by atoms with E-state index in [0.29, 0.717) is 19.0 Å². The Morgan fingerprint density at radius 2 is 2.04 bits per heavy atom. The molecule has 1 saturated carbocycles. The van der Waals surface area contributed by atoms with E-state index in [0.717, 1.165) is 24.2 Å². The zero-order chi connectivity index (χ0) is 17.3. The Kier molecular flexibility index (Phi) is 4.39. The molecule has 1 aromatic rings. The van der Waals surface area contributed by atoms with Crippen molar-refractivity contribution in [3.8, 4) is 0 Å². The van der Waals surface area contributed by atoms with Gasteiger partial charge in [-0.3, -0.25) is 4.79 Å². The fraction of sp³-hybridized carbons (Fsp3) is 0.556. The molecule has 1 atom stereocenters. The maximum absolute atomic E-state index is 13.0. The summed E-state index contributed by atoms with van der Waals surface area (Å²) in [5.41, 5.74) is 1.20. The maximum Gasteiger partial charge on any atom is 0.408 e. The van der Waals surface area contributed by atoms with Crippen molar-refractivity contribution in [3.05, 3.63) is 24.3 Å². The molecule has 0 radical (unpaired) electrons. The van der Waals surface area contributed by atoms with E-state index in [2.05, 4.69) is 10.6 Å². The number of ether oxygens (including phenoxy) is 1. The summed E-state index contributed by atoms with van der Waals surface area (Å²) < 4.78 is 5.29. The van der Waals surface area contributed by atoms with Crippen LogP contribution in [-0.4, -0.2) is 36.7 Å². The van der Waals surface area contributed by atoms with Crippen molar-refractivity contribution in [2.24, 2.45) is 5.92 Å². The molecule has 130 valence electrons. The molecular formula is C18H25N3O3. The van der Waals surface area contributed by atoms with Gasteiger partial charge in [0.1, 0.15) is 11.6 Å². The third-order valence-electron chi connectivity index (χ3n) is 4.08. The molecule has 0 spiro atoms. The lowest BCUT2D eigenvalue weighted by Crippen LogP contribution is -2.52. The number of hydrogen-bond acceptors (Lipinski definition) is 4. The van der Waals surface area contributed by atoms with Crippen molar-refractivity contribution < 1.29 is 14.3 Å². The smallest absolute Gasteiger partial charge is 0.408 e. The number of hydrogen-bond donors (Lipinski definition) is 2. The molecule has 1 fully saturated rings. The number of para-hydroxylation sites is 2. The van der Waals surface area contributed by atoms with E-state index in [1.54, 1.807) is 25.7 Å². The van der Waals surface area contributed by atoms with Crippen molar-refractivity contribution >= 4 is 23.4 Å². The van der Waals surface area contributed by atoms with Crippen LogP contribution in [0.4, 0.5) is 16.2 Å². The Hall–Kier alpha value is -2.24. The summed E-state index contributed by atoms with van der Waals surface area (Å²) in [5.74, 6) is 0.465. The van der Waals surface area contributed by atoms with Gasteiger partial charge < -0.3 is 20.3 Å². The first kappa shape index (κ1) is 16.6. The summed E-state index contributed by atoms with van der Waals surface area (Å²) in [6, 6.07) is 7.12. The van der Waals surface area contributed by atoms with Crippen LogP contribution >= 0.6 is 0 Å². The SMILES string of the molecule is CC(C)(C)OC(=O)N[C@H]1CNc2ccccc2N(CC2CC2)C1=O. The Bertz CT molecular complexity index is 635. The Morgan fingerprint density at radius 3 is 2.71 bits per heavy atom. The summed E-state index contributed by atoms with van der Waals surface area (Å²) in [6.07, 6.45) is 1.74. The van der Waals surface area contributed by atoms with Crippen molar-refractivity contribution in [1.29, 1.82) is 0 Å². The fourth-order valence-electron chi connectivity index (χ4n) is 2.77. The van der Waals surface area contributed by atoms with Crippen LogP contribution in [0.5, 0.6) is 0 Å². The van der Waals surface area contributed by atoms with Gasteiger partial charge in [-0.25, -0.2) is 4.79 Å². The summed E-state index contributed by atoms with van der Waals surface area (Å²) in [6.45, 7) is 6.44. The van der Waals surface area contributed by atoms with Gasteiger partial charge in [0.2, 0.25) is 0 Å². The van der Waals surface area contributed by atoms with Crippen molar-refractivity contribution in [1.82, 2.24) is 5.32 Å². The van der Waals surface area contributed by atoms with Gasteiger partial charge in [-0.1, -0.05) is 12.1 Å². The second-order valence-corrected chi connectivity index (χ2v) is 7.49. The monoisotopic (exact) mass is 331 g/mol. The summed E-state index contributed by atoms with van der Waals surface area (Å²) in [4.78, 5) is 26.9. The molecule has 1 heterocycles. The molecule has 2 aliphatic rings. The second-order valence-electron chi connectivity index (χ2n) is 7.49. The Balaban J connectivity index is 1.78. The number of benzene rings is 1. The third kappa shape index (κ3) is 3.99.